The molecule has 1 atom stereocenters. The van der Waals surface area contributed by atoms with Crippen molar-refractivity contribution in [1.82, 2.24) is 4.98 Å². The molecule has 0 spiro atoms. The van der Waals surface area contributed by atoms with Gasteiger partial charge in [0.05, 0.1) is 11.6 Å². The van der Waals surface area contributed by atoms with Gasteiger partial charge in [-0.2, -0.15) is 0 Å². The van der Waals surface area contributed by atoms with Gasteiger partial charge in [-0.3, -0.25) is 14.6 Å². The quantitative estimate of drug-likeness (QED) is 0.630. The predicted octanol–water partition coefficient (Wildman–Crippen LogP) is 2.84. The SMILES string of the molecule is N[C@H](Cc1ccccc1)C(=O)Nc1cccc(NC(=O)c2cccnc2)c1. The van der Waals surface area contributed by atoms with Gasteiger partial charge in [0.25, 0.3) is 5.91 Å². The number of benzene rings is 2. The molecule has 0 unspecified atom stereocenters. The van der Waals surface area contributed by atoms with Crippen molar-refractivity contribution < 1.29 is 9.59 Å². The van der Waals surface area contributed by atoms with Crippen molar-refractivity contribution in [2.24, 2.45) is 5.73 Å². The lowest BCUT2D eigenvalue weighted by Gasteiger charge is -2.13. The van der Waals surface area contributed by atoms with Gasteiger partial charge >= 0.3 is 0 Å². The van der Waals surface area contributed by atoms with E-state index in [9.17, 15) is 9.59 Å². The van der Waals surface area contributed by atoms with E-state index < -0.39 is 6.04 Å². The van der Waals surface area contributed by atoms with Crippen LogP contribution in [0.2, 0.25) is 0 Å². The molecule has 0 aliphatic carbocycles. The number of anilines is 2. The van der Waals surface area contributed by atoms with Gasteiger partial charge in [0.15, 0.2) is 0 Å². The van der Waals surface area contributed by atoms with E-state index >= 15 is 0 Å². The van der Waals surface area contributed by atoms with Crippen LogP contribution in [0.3, 0.4) is 0 Å². The molecule has 1 heterocycles. The van der Waals surface area contributed by atoms with E-state index in [1.54, 1.807) is 42.6 Å². The third-order valence-electron chi connectivity index (χ3n) is 3.95. The molecular weight excluding hydrogens is 340 g/mol. The molecule has 4 N–H and O–H groups in total. The van der Waals surface area contributed by atoms with Crippen LogP contribution in [0.25, 0.3) is 0 Å². The van der Waals surface area contributed by atoms with Crippen LogP contribution in [0.1, 0.15) is 15.9 Å². The van der Waals surface area contributed by atoms with Crippen LogP contribution >= 0.6 is 0 Å². The van der Waals surface area contributed by atoms with Crippen LogP contribution in [-0.2, 0) is 11.2 Å². The van der Waals surface area contributed by atoms with E-state index in [1.165, 1.54) is 6.20 Å². The van der Waals surface area contributed by atoms with Crippen LogP contribution in [0.5, 0.6) is 0 Å². The fourth-order valence-corrected chi connectivity index (χ4v) is 2.57. The van der Waals surface area contributed by atoms with Crippen molar-refractivity contribution in [3.05, 3.63) is 90.3 Å². The number of nitrogens with two attached hydrogens (primary N) is 1. The standard InChI is InChI=1S/C21H20N4O2/c22-19(12-15-6-2-1-3-7-15)21(27)25-18-10-4-9-17(13-18)24-20(26)16-8-5-11-23-14-16/h1-11,13-14,19H,12,22H2,(H,24,26)(H,25,27)/t19-/m1/s1. The first-order valence-electron chi connectivity index (χ1n) is 8.53. The van der Waals surface area contributed by atoms with Gasteiger partial charge in [0.1, 0.15) is 0 Å². The largest absolute Gasteiger partial charge is 0.325 e. The van der Waals surface area contributed by atoms with Gasteiger partial charge < -0.3 is 16.4 Å². The number of hydrogen-bond donors (Lipinski definition) is 3. The van der Waals surface area contributed by atoms with E-state index in [2.05, 4.69) is 15.6 Å². The number of carbonyl (C=O) groups excluding carboxylic acids is 2. The molecule has 6 heteroatoms. The lowest BCUT2D eigenvalue weighted by molar-refractivity contribution is -0.117. The second kappa shape index (κ2) is 8.73. The summed E-state index contributed by atoms with van der Waals surface area (Å²) in [6.07, 6.45) is 3.54. The summed E-state index contributed by atoms with van der Waals surface area (Å²) in [5, 5.41) is 5.57. The van der Waals surface area contributed by atoms with E-state index in [1.807, 2.05) is 30.3 Å². The van der Waals surface area contributed by atoms with Crippen LogP contribution in [-0.4, -0.2) is 22.8 Å². The average Bonchev–Trinajstić information content (AvgIpc) is 2.69. The van der Waals surface area contributed by atoms with Gasteiger partial charge in [-0.05, 0) is 42.3 Å². The molecule has 0 bridgehead atoms. The molecule has 0 aliphatic heterocycles. The van der Waals surface area contributed by atoms with E-state index in [0.717, 1.165) is 5.56 Å². The summed E-state index contributed by atoms with van der Waals surface area (Å²) in [5.41, 5.74) is 8.59. The van der Waals surface area contributed by atoms with E-state index in [4.69, 9.17) is 5.73 Å². The molecular formula is C21H20N4O2. The lowest BCUT2D eigenvalue weighted by Crippen LogP contribution is -2.37. The summed E-state index contributed by atoms with van der Waals surface area (Å²) in [6.45, 7) is 0. The minimum absolute atomic E-state index is 0.271. The fraction of sp³-hybridized carbons (Fsp3) is 0.0952. The first kappa shape index (κ1) is 18.3. The van der Waals surface area contributed by atoms with Gasteiger partial charge in [-0.15, -0.1) is 0 Å². The predicted molar refractivity (Wildman–Crippen MR) is 105 cm³/mol. The highest BCUT2D eigenvalue weighted by Gasteiger charge is 2.14. The van der Waals surface area contributed by atoms with Gasteiger partial charge in [0.2, 0.25) is 5.91 Å². The number of hydrogen-bond acceptors (Lipinski definition) is 4. The molecule has 0 radical (unpaired) electrons. The number of nitrogens with one attached hydrogen (secondary N) is 2. The molecule has 0 saturated carbocycles. The highest BCUT2D eigenvalue weighted by molar-refractivity contribution is 6.04. The van der Waals surface area contributed by atoms with Crippen molar-refractivity contribution in [1.29, 1.82) is 0 Å². The topological polar surface area (TPSA) is 97.1 Å². The molecule has 2 amide bonds. The van der Waals surface area contributed by atoms with Gasteiger partial charge in [-0.25, -0.2) is 0 Å². The lowest BCUT2D eigenvalue weighted by atomic mass is 10.1. The summed E-state index contributed by atoms with van der Waals surface area (Å²) >= 11 is 0. The van der Waals surface area contributed by atoms with Crippen molar-refractivity contribution in [3.63, 3.8) is 0 Å². The number of aromatic nitrogens is 1. The summed E-state index contributed by atoms with van der Waals surface area (Å²) in [7, 11) is 0. The molecule has 27 heavy (non-hydrogen) atoms. The molecule has 3 aromatic rings. The molecule has 2 aromatic carbocycles. The third-order valence-corrected chi connectivity index (χ3v) is 3.95. The maximum Gasteiger partial charge on any atom is 0.257 e. The minimum atomic E-state index is -0.666. The van der Waals surface area contributed by atoms with Crippen LogP contribution in [0.15, 0.2) is 79.1 Å². The Hall–Kier alpha value is -3.51. The summed E-state index contributed by atoms with van der Waals surface area (Å²) in [4.78, 5) is 28.5. The zero-order valence-corrected chi connectivity index (χ0v) is 14.6. The Morgan fingerprint density at radius 2 is 1.67 bits per heavy atom. The molecule has 6 nitrogen and oxygen atoms in total. The Kier molecular flexibility index (Phi) is 5.91. The summed E-state index contributed by atoms with van der Waals surface area (Å²) in [6, 6.07) is 19.2. The third kappa shape index (κ3) is 5.23. The smallest absolute Gasteiger partial charge is 0.257 e. The van der Waals surface area contributed by atoms with E-state index in [-0.39, 0.29) is 11.8 Å². The van der Waals surface area contributed by atoms with Crippen molar-refractivity contribution in [3.8, 4) is 0 Å². The highest BCUT2D eigenvalue weighted by Crippen LogP contribution is 2.16. The number of rotatable bonds is 6. The first-order chi connectivity index (χ1) is 13.1. The van der Waals surface area contributed by atoms with Crippen molar-refractivity contribution in [2.75, 3.05) is 10.6 Å². The number of carbonyl (C=O) groups is 2. The maximum atomic E-state index is 12.3. The maximum absolute atomic E-state index is 12.3. The number of pyridine rings is 1. The highest BCUT2D eigenvalue weighted by atomic mass is 16.2. The molecule has 1 aromatic heterocycles. The zero-order chi connectivity index (χ0) is 19.1. The summed E-state index contributed by atoms with van der Waals surface area (Å²) < 4.78 is 0. The average molecular weight is 360 g/mol. The van der Waals surface area contributed by atoms with Crippen LogP contribution < -0.4 is 16.4 Å². The Balaban J connectivity index is 1.61. The first-order valence-corrected chi connectivity index (χ1v) is 8.53. The molecule has 0 fully saturated rings. The van der Waals surface area contributed by atoms with Crippen LogP contribution in [0.4, 0.5) is 11.4 Å². The second-order valence-corrected chi connectivity index (χ2v) is 6.06. The van der Waals surface area contributed by atoms with Crippen LogP contribution in [0, 0.1) is 0 Å². The second-order valence-electron chi connectivity index (χ2n) is 6.06. The molecule has 0 aliphatic rings. The minimum Gasteiger partial charge on any atom is -0.325 e. The summed E-state index contributed by atoms with van der Waals surface area (Å²) in [5.74, 6) is -0.554. The Morgan fingerprint density at radius 1 is 0.926 bits per heavy atom. The fourth-order valence-electron chi connectivity index (χ4n) is 2.57. The zero-order valence-electron chi connectivity index (χ0n) is 14.6. The van der Waals surface area contributed by atoms with E-state index in [0.29, 0.717) is 23.4 Å². The van der Waals surface area contributed by atoms with Gasteiger partial charge in [0, 0.05) is 23.8 Å². The molecule has 3 rings (SSSR count). The molecule has 136 valence electrons. The van der Waals surface area contributed by atoms with Gasteiger partial charge in [-0.1, -0.05) is 36.4 Å². The monoisotopic (exact) mass is 360 g/mol. The number of nitrogens with zero attached hydrogens (tertiary/aromatic N) is 1. The molecule has 0 saturated heterocycles. The van der Waals surface area contributed by atoms with Crippen molar-refractivity contribution in [2.45, 2.75) is 12.5 Å². The van der Waals surface area contributed by atoms with Crippen molar-refractivity contribution >= 4 is 23.2 Å². The Morgan fingerprint density at radius 3 is 2.37 bits per heavy atom. The Bertz CT molecular complexity index is 914. The Labute approximate surface area is 157 Å². The number of amides is 2. The normalized spacial score (nSPS) is 11.4.